The molecule has 1 fully saturated rings. The van der Waals surface area contributed by atoms with Gasteiger partial charge in [-0.05, 0) is 57.7 Å². The van der Waals surface area contributed by atoms with E-state index in [0.717, 1.165) is 13.0 Å². The van der Waals surface area contributed by atoms with Crippen LogP contribution in [-0.4, -0.2) is 100 Å². The fraction of sp³-hybridized carbons (Fsp3) is 0.522. The molecule has 1 saturated heterocycles. The number of ether oxygens (including phenoxy) is 1. The lowest BCUT2D eigenvalue weighted by Gasteiger charge is -2.18. The zero-order chi connectivity index (χ0) is 26.7. The number of methoxy groups -OCH3 is 1. The third-order valence-corrected chi connectivity index (χ3v) is 5.46. The minimum atomic E-state index is -0.677. The number of oxime groups is 1. The minimum absolute atomic E-state index is 0. The van der Waals surface area contributed by atoms with Crippen LogP contribution in [0.25, 0.3) is 0 Å². The Morgan fingerprint density at radius 3 is 2.46 bits per heavy atom. The van der Waals surface area contributed by atoms with Gasteiger partial charge < -0.3 is 35.8 Å². The maximum Gasteiger partial charge on any atom is 0.435 e. The number of amidine groups is 1. The van der Waals surface area contributed by atoms with Gasteiger partial charge in [-0.2, -0.15) is 0 Å². The van der Waals surface area contributed by atoms with E-state index in [9.17, 15) is 19.2 Å². The Hall–Kier alpha value is -3.58. The van der Waals surface area contributed by atoms with Crippen LogP contribution in [0.3, 0.4) is 0 Å². The van der Waals surface area contributed by atoms with Crippen LogP contribution in [0.1, 0.15) is 24.8 Å². The summed E-state index contributed by atoms with van der Waals surface area (Å²) < 4.78 is 4.51. The summed E-state index contributed by atoms with van der Waals surface area (Å²) in [6, 6.07) is 5.51. The second-order valence-corrected chi connectivity index (χ2v) is 8.52. The summed E-state index contributed by atoms with van der Waals surface area (Å²) >= 11 is 0. The second-order valence-electron chi connectivity index (χ2n) is 8.52. The average molecular weight is 542 g/mol. The molecule has 0 spiro atoms. The lowest BCUT2D eigenvalue weighted by molar-refractivity contribution is -0.140. The van der Waals surface area contributed by atoms with Gasteiger partial charge in [-0.15, -0.1) is 12.4 Å². The van der Waals surface area contributed by atoms with Gasteiger partial charge in [-0.3, -0.25) is 14.4 Å². The number of carbonyl (C=O) groups excluding carboxylic acids is 4. The summed E-state index contributed by atoms with van der Waals surface area (Å²) in [6.07, 6.45) is 0.668. The van der Waals surface area contributed by atoms with E-state index in [4.69, 9.17) is 10.6 Å². The number of anilines is 1. The monoisotopic (exact) mass is 541 g/mol. The van der Waals surface area contributed by atoms with Crippen LogP contribution in [-0.2, 0) is 19.2 Å². The molecule has 1 aromatic carbocycles. The minimum Gasteiger partial charge on any atom is -0.469 e. The van der Waals surface area contributed by atoms with E-state index in [1.807, 2.05) is 19.0 Å². The number of urea groups is 1. The number of amides is 4. The number of rotatable bonds is 11. The molecule has 1 aromatic rings. The zero-order valence-electron chi connectivity index (χ0n) is 21.6. The van der Waals surface area contributed by atoms with E-state index in [1.54, 1.807) is 36.2 Å². The molecule has 0 aliphatic carbocycles. The van der Waals surface area contributed by atoms with Gasteiger partial charge in [-0.25, -0.2) is 9.59 Å². The molecule has 0 saturated carbocycles. The molecule has 14 heteroatoms. The van der Waals surface area contributed by atoms with Gasteiger partial charge in [0.15, 0.2) is 5.84 Å². The normalized spacial score (nSPS) is 15.2. The summed E-state index contributed by atoms with van der Waals surface area (Å²) in [7, 11) is 6.81. The van der Waals surface area contributed by atoms with Gasteiger partial charge in [0.25, 0.3) is 0 Å². The van der Waals surface area contributed by atoms with Gasteiger partial charge in [-0.1, -0.05) is 5.16 Å². The van der Waals surface area contributed by atoms with Crippen molar-refractivity contribution in [3.63, 3.8) is 0 Å². The Morgan fingerprint density at radius 1 is 1.16 bits per heavy atom. The van der Waals surface area contributed by atoms with Crippen molar-refractivity contribution in [1.82, 2.24) is 20.4 Å². The molecule has 0 unspecified atom stereocenters. The van der Waals surface area contributed by atoms with Gasteiger partial charge in [0.2, 0.25) is 5.91 Å². The molecule has 1 heterocycles. The fourth-order valence-electron chi connectivity index (χ4n) is 3.40. The summed E-state index contributed by atoms with van der Waals surface area (Å²) in [6.45, 7) is 1.90. The molecular formula is C23H36ClN7O6. The topological polar surface area (TPSA) is 159 Å². The van der Waals surface area contributed by atoms with E-state index >= 15 is 0 Å². The summed E-state index contributed by atoms with van der Waals surface area (Å²) in [4.78, 5) is 57.8. The Balaban J connectivity index is 0.00000684. The molecule has 0 aromatic heterocycles. The molecule has 37 heavy (non-hydrogen) atoms. The summed E-state index contributed by atoms with van der Waals surface area (Å²) in [5.74, 6) is -0.667. The van der Waals surface area contributed by atoms with Crippen LogP contribution in [0, 0.1) is 0 Å². The summed E-state index contributed by atoms with van der Waals surface area (Å²) in [5.41, 5.74) is 7.09. The van der Waals surface area contributed by atoms with E-state index in [2.05, 4.69) is 20.5 Å². The predicted octanol–water partition coefficient (Wildman–Crippen LogP) is 0.716. The van der Waals surface area contributed by atoms with Crippen molar-refractivity contribution in [2.75, 3.05) is 59.3 Å². The first-order valence-electron chi connectivity index (χ1n) is 11.6. The van der Waals surface area contributed by atoms with Crippen molar-refractivity contribution in [2.24, 2.45) is 10.9 Å². The lowest BCUT2D eigenvalue weighted by atomic mass is 10.2. The van der Waals surface area contributed by atoms with Crippen LogP contribution in [0.15, 0.2) is 29.4 Å². The highest BCUT2D eigenvalue weighted by molar-refractivity contribution is 6.02. The van der Waals surface area contributed by atoms with E-state index < -0.39 is 24.1 Å². The standard InChI is InChI=1S/C23H35N7O6.ClH/c1-28(2)13-5-14-29(3)23(34)36-27-20(24)16-6-8-17(9-7-16)30-15-11-18(21(30)32)26-22(33)25-12-10-19(31)35-4;/h6-9,18H,5,10-15H2,1-4H3,(H2,24,27)(H2,25,26,33);1H/t18-;/m0./s1. The Morgan fingerprint density at radius 2 is 1.84 bits per heavy atom. The molecular weight excluding hydrogens is 506 g/mol. The van der Waals surface area contributed by atoms with Crippen LogP contribution in [0.2, 0.25) is 0 Å². The third-order valence-electron chi connectivity index (χ3n) is 5.46. The van der Waals surface area contributed by atoms with E-state index in [-0.39, 0.29) is 37.1 Å². The zero-order valence-corrected chi connectivity index (χ0v) is 22.4. The first-order chi connectivity index (χ1) is 17.1. The molecule has 4 amide bonds. The first-order valence-corrected chi connectivity index (χ1v) is 11.6. The van der Waals surface area contributed by atoms with Gasteiger partial charge >= 0.3 is 18.1 Å². The SMILES string of the molecule is COC(=O)CCNC(=O)N[C@H]1CCN(c2ccc(/C(N)=N/OC(=O)N(C)CCCN(C)C)cc2)C1=O.Cl. The van der Waals surface area contributed by atoms with Crippen LogP contribution in [0.5, 0.6) is 0 Å². The van der Waals surface area contributed by atoms with Crippen molar-refractivity contribution < 1.29 is 28.8 Å². The van der Waals surface area contributed by atoms with Crippen molar-refractivity contribution >= 4 is 47.9 Å². The lowest BCUT2D eigenvalue weighted by Crippen LogP contribution is -2.46. The largest absolute Gasteiger partial charge is 0.469 e. The number of nitrogens with two attached hydrogens (primary N) is 1. The quantitative estimate of drug-likeness (QED) is 0.121. The molecule has 1 aliphatic rings. The maximum atomic E-state index is 12.7. The van der Waals surface area contributed by atoms with Crippen molar-refractivity contribution in [2.45, 2.75) is 25.3 Å². The number of hydrogen-bond acceptors (Lipinski definition) is 8. The number of carbonyl (C=O) groups is 4. The van der Waals surface area contributed by atoms with Crippen LogP contribution in [0.4, 0.5) is 15.3 Å². The van der Waals surface area contributed by atoms with Crippen LogP contribution >= 0.6 is 12.4 Å². The molecule has 2 rings (SSSR count). The van der Waals surface area contributed by atoms with Crippen molar-refractivity contribution in [1.29, 1.82) is 0 Å². The molecule has 206 valence electrons. The highest BCUT2D eigenvalue weighted by atomic mass is 35.5. The fourth-order valence-corrected chi connectivity index (χ4v) is 3.40. The predicted molar refractivity (Wildman–Crippen MR) is 141 cm³/mol. The molecule has 1 atom stereocenters. The number of nitrogens with one attached hydrogen (secondary N) is 2. The maximum absolute atomic E-state index is 12.7. The second kappa shape index (κ2) is 15.5. The highest BCUT2D eigenvalue weighted by Crippen LogP contribution is 2.22. The smallest absolute Gasteiger partial charge is 0.435 e. The van der Waals surface area contributed by atoms with Gasteiger partial charge in [0.1, 0.15) is 6.04 Å². The summed E-state index contributed by atoms with van der Waals surface area (Å²) in [5, 5.41) is 8.85. The van der Waals surface area contributed by atoms with Gasteiger partial charge in [0.05, 0.1) is 13.5 Å². The number of nitrogens with zero attached hydrogens (tertiary/aromatic N) is 4. The van der Waals surface area contributed by atoms with E-state index in [1.165, 1.54) is 12.0 Å². The average Bonchev–Trinajstić information content (AvgIpc) is 3.21. The molecule has 13 nitrogen and oxygen atoms in total. The molecule has 0 radical (unpaired) electrons. The number of esters is 1. The first kappa shape index (κ1) is 31.4. The number of benzene rings is 1. The third kappa shape index (κ3) is 10.1. The number of hydrogen-bond donors (Lipinski definition) is 3. The van der Waals surface area contributed by atoms with Gasteiger partial charge in [0, 0.05) is 37.9 Å². The molecule has 0 bridgehead atoms. The Kier molecular flexibility index (Phi) is 13.2. The Labute approximate surface area is 222 Å². The van der Waals surface area contributed by atoms with E-state index in [0.29, 0.717) is 30.8 Å². The Bertz CT molecular complexity index is 957. The number of halogens is 1. The van der Waals surface area contributed by atoms with Crippen molar-refractivity contribution in [3.05, 3.63) is 29.8 Å². The highest BCUT2D eigenvalue weighted by Gasteiger charge is 2.33. The van der Waals surface area contributed by atoms with Crippen molar-refractivity contribution in [3.8, 4) is 0 Å². The molecule has 1 aliphatic heterocycles. The van der Waals surface area contributed by atoms with Crippen LogP contribution < -0.4 is 21.3 Å². The molecule has 4 N–H and O–H groups in total.